The summed E-state index contributed by atoms with van der Waals surface area (Å²) in [5.41, 5.74) is 5.80. The molecule has 2 saturated heterocycles. The van der Waals surface area contributed by atoms with Crippen LogP contribution in [0.25, 0.3) is 33.5 Å². The van der Waals surface area contributed by atoms with Crippen LogP contribution in [0.1, 0.15) is 5.56 Å². The van der Waals surface area contributed by atoms with Gasteiger partial charge in [-0.05, 0) is 28.8 Å². The zero-order chi connectivity index (χ0) is 32.6. The van der Waals surface area contributed by atoms with E-state index >= 15 is 0 Å². The number of aliphatic hydroxyl groups is 1. The number of aliphatic hydroxyl groups excluding tert-OH is 1. The predicted octanol–water partition coefficient (Wildman–Crippen LogP) is 5.86. The number of rotatable bonds is 11. The first-order valence-corrected chi connectivity index (χ1v) is 21.8. The second kappa shape index (κ2) is 13.3. The number of aromatic nitrogens is 3. The van der Waals surface area contributed by atoms with Gasteiger partial charge in [-0.3, -0.25) is 8.78 Å². The molecule has 13 heteroatoms. The third-order valence-corrected chi connectivity index (χ3v) is 10.8. The number of pyridine rings is 1. The first-order chi connectivity index (χ1) is 21.8. The Balaban J connectivity index is 1.27. The van der Waals surface area contributed by atoms with Gasteiger partial charge in [0.1, 0.15) is 30.6 Å². The normalized spacial score (nSPS) is 21.5. The smallest absolute Gasteiger partial charge is 0.301 e. The van der Waals surface area contributed by atoms with E-state index in [0.29, 0.717) is 41.0 Å². The zero-order valence-electron chi connectivity index (χ0n) is 26.8. The molecular weight excluding hydrogens is 644 g/mol. The summed E-state index contributed by atoms with van der Waals surface area (Å²) in [6, 6.07) is 19.4. The van der Waals surface area contributed by atoms with Crippen LogP contribution in [0.2, 0.25) is 30.7 Å². The molecule has 0 unspecified atom stereocenters. The second-order valence-corrected chi connectivity index (χ2v) is 22.0. The van der Waals surface area contributed by atoms with Crippen LogP contribution < -0.4 is 4.74 Å². The van der Waals surface area contributed by atoms with Gasteiger partial charge < -0.3 is 24.1 Å². The Hall–Kier alpha value is -2.84. The summed E-state index contributed by atoms with van der Waals surface area (Å²) in [7, 11) is -3.42. The highest BCUT2D eigenvalue weighted by atomic mass is 35.5. The number of hydrogen-bond acceptors (Lipinski definition) is 9. The molecule has 10 nitrogen and oxygen atoms in total. The van der Waals surface area contributed by atoms with Crippen molar-refractivity contribution >= 4 is 40.6 Å². The van der Waals surface area contributed by atoms with Crippen LogP contribution in [0.5, 0.6) is 6.01 Å². The molecule has 0 radical (unpaired) electrons. The Morgan fingerprint density at radius 1 is 1.00 bits per heavy atom. The summed E-state index contributed by atoms with van der Waals surface area (Å²) in [6.07, 6.45) is 1.40. The van der Waals surface area contributed by atoms with Gasteiger partial charge in [0.25, 0.3) is 0 Å². The molecule has 46 heavy (non-hydrogen) atoms. The molecule has 2 fully saturated rings. The third kappa shape index (κ3) is 7.65. The Morgan fingerprint density at radius 3 is 2.33 bits per heavy atom. The van der Waals surface area contributed by atoms with Crippen LogP contribution in [0.3, 0.4) is 0 Å². The number of benzene rings is 2. The fourth-order valence-electron chi connectivity index (χ4n) is 5.48. The molecule has 0 aliphatic carbocycles. The average molecular weight is 685 g/mol. The number of ether oxygens (including phenoxy) is 4. The van der Waals surface area contributed by atoms with E-state index < -0.39 is 36.1 Å². The molecule has 0 saturated carbocycles. The first-order valence-electron chi connectivity index (χ1n) is 15.4. The van der Waals surface area contributed by atoms with E-state index in [-0.39, 0.29) is 26.0 Å². The Kier molecular flexibility index (Phi) is 9.59. The number of imidazole rings is 1. The van der Waals surface area contributed by atoms with Crippen molar-refractivity contribution in [3.63, 3.8) is 0 Å². The summed E-state index contributed by atoms with van der Waals surface area (Å²) < 4.78 is 42.0. The van der Waals surface area contributed by atoms with Gasteiger partial charge in [-0.25, -0.2) is 9.35 Å². The van der Waals surface area contributed by atoms with Crippen molar-refractivity contribution in [3.05, 3.63) is 65.2 Å². The lowest BCUT2D eigenvalue weighted by Gasteiger charge is -2.19. The molecule has 2 aromatic carbocycles. The van der Waals surface area contributed by atoms with Gasteiger partial charge in [0, 0.05) is 42.5 Å². The van der Waals surface area contributed by atoms with E-state index in [2.05, 4.69) is 24.0 Å². The van der Waals surface area contributed by atoms with Crippen molar-refractivity contribution in [2.75, 3.05) is 32.3 Å². The molecule has 1 N–H and O–H groups in total. The van der Waals surface area contributed by atoms with Crippen molar-refractivity contribution < 1.29 is 28.3 Å². The lowest BCUT2D eigenvalue weighted by Crippen LogP contribution is -2.35. The van der Waals surface area contributed by atoms with Gasteiger partial charge in [0.2, 0.25) is 0 Å². The van der Waals surface area contributed by atoms with Crippen LogP contribution in [0.15, 0.2) is 59.0 Å². The minimum Gasteiger partial charge on any atom is -0.456 e. The number of halogens is 1. The summed E-state index contributed by atoms with van der Waals surface area (Å²) >= 11 is 6.80. The molecule has 0 amide bonds. The van der Waals surface area contributed by atoms with E-state index in [1.807, 2.05) is 53.1 Å². The van der Waals surface area contributed by atoms with Gasteiger partial charge >= 0.3 is 6.01 Å². The van der Waals surface area contributed by atoms with Crippen LogP contribution in [-0.4, -0.2) is 88.7 Å². The summed E-state index contributed by atoms with van der Waals surface area (Å²) in [6.45, 7) is 8.71. The van der Waals surface area contributed by atoms with Crippen molar-refractivity contribution in [1.82, 2.24) is 14.5 Å². The quantitative estimate of drug-likeness (QED) is 0.154. The van der Waals surface area contributed by atoms with E-state index in [1.165, 1.54) is 0 Å². The standard InChI is InChI=1S/C33H41ClN4O6SSi/c1-45(2,40)35-17-21-6-8-22(9-7-21)23-10-12-24(13-11-23)29-25(34)16-26-32(37-29)38(20-41-14-15-46(3,4)5)33(36-26)44-28-19-43-30-27(39)18-42-31(28)30/h6-13,16,27-28,30-31,39H,14-15,17-20H2,1-5H3/t27-,28-,30-,31-/m1/s1. The fraction of sp³-hybridized carbons (Fsp3) is 0.455. The molecule has 6 rings (SSSR count). The number of fused-ring (bicyclic) bond motifs is 2. The molecule has 0 spiro atoms. The molecule has 246 valence electrons. The maximum absolute atomic E-state index is 11.9. The van der Waals surface area contributed by atoms with E-state index in [0.717, 1.165) is 28.3 Å². The van der Waals surface area contributed by atoms with Gasteiger partial charge in [-0.2, -0.15) is 4.98 Å². The topological polar surface area (TPSA) is 117 Å². The van der Waals surface area contributed by atoms with Gasteiger partial charge in [0.15, 0.2) is 11.8 Å². The fourth-order valence-corrected chi connectivity index (χ4v) is 6.95. The molecule has 4 aromatic rings. The Bertz CT molecular complexity index is 1810. The third-order valence-electron chi connectivity index (χ3n) is 8.10. The molecule has 4 heterocycles. The van der Waals surface area contributed by atoms with Crippen LogP contribution in [0.4, 0.5) is 0 Å². The van der Waals surface area contributed by atoms with Crippen molar-refractivity contribution in [3.8, 4) is 28.4 Å². The van der Waals surface area contributed by atoms with Crippen molar-refractivity contribution in [2.45, 2.75) is 63.4 Å². The molecule has 2 aliphatic heterocycles. The largest absolute Gasteiger partial charge is 0.456 e. The molecule has 4 atom stereocenters. The Labute approximate surface area is 276 Å². The van der Waals surface area contributed by atoms with Crippen LogP contribution >= 0.6 is 11.6 Å². The maximum atomic E-state index is 11.9. The second-order valence-electron chi connectivity index (χ2n) is 13.4. The predicted molar refractivity (Wildman–Crippen MR) is 184 cm³/mol. The lowest BCUT2D eigenvalue weighted by atomic mass is 10.0. The molecule has 2 aromatic heterocycles. The summed E-state index contributed by atoms with van der Waals surface area (Å²) in [5.74, 6) is 0. The highest BCUT2D eigenvalue weighted by Crippen LogP contribution is 2.35. The highest BCUT2D eigenvalue weighted by molar-refractivity contribution is 7.92. The van der Waals surface area contributed by atoms with Crippen LogP contribution in [-0.2, 0) is 37.2 Å². The lowest BCUT2D eigenvalue weighted by molar-refractivity contribution is 0.00336. The van der Waals surface area contributed by atoms with Crippen molar-refractivity contribution in [1.29, 1.82) is 0 Å². The van der Waals surface area contributed by atoms with Gasteiger partial charge in [-0.15, -0.1) is 0 Å². The summed E-state index contributed by atoms with van der Waals surface area (Å²) in [4.78, 5) is 9.73. The Morgan fingerprint density at radius 2 is 1.65 bits per heavy atom. The van der Waals surface area contributed by atoms with Gasteiger partial charge in [0.05, 0.1) is 30.5 Å². The number of hydrogen-bond donors (Lipinski definition) is 1. The van der Waals surface area contributed by atoms with E-state index in [9.17, 15) is 9.32 Å². The van der Waals surface area contributed by atoms with E-state index in [4.69, 9.17) is 40.5 Å². The van der Waals surface area contributed by atoms with Gasteiger partial charge in [-0.1, -0.05) is 79.8 Å². The molecule has 2 aliphatic rings. The average Bonchev–Trinajstić information content (AvgIpc) is 3.68. The monoisotopic (exact) mass is 684 g/mol. The minimum atomic E-state index is -2.13. The first kappa shape index (κ1) is 33.1. The van der Waals surface area contributed by atoms with Crippen molar-refractivity contribution in [2.24, 2.45) is 4.36 Å². The zero-order valence-corrected chi connectivity index (χ0v) is 29.4. The minimum absolute atomic E-state index is 0.214. The van der Waals surface area contributed by atoms with E-state index in [1.54, 1.807) is 18.6 Å². The number of nitrogens with zero attached hydrogens (tertiary/aromatic N) is 4. The summed E-state index contributed by atoms with van der Waals surface area (Å²) in [5, 5.41) is 10.7. The maximum Gasteiger partial charge on any atom is 0.301 e. The van der Waals surface area contributed by atoms with Crippen LogP contribution in [0, 0.1) is 0 Å². The molecule has 0 bridgehead atoms. The molecular formula is C33H41ClN4O6SSi. The highest BCUT2D eigenvalue weighted by Gasteiger charge is 2.49. The SMILES string of the molecule is C[Si](C)(C)CCOCn1c(O[C@@H]2CO[C@H]3[C@@H]2OC[C@H]3O)nc2cc(Cl)c(-c3ccc(-c4ccc(CN=S(C)(C)=O)cc4)cc3)nc21.